The van der Waals surface area contributed by atoms with Crippen LogP contribution in [0.25, 0.3) is 0 Å². The summed E-state index contributed by atoms with van der Waals surface area (Å²) in [5, 5.41) is 0. The van der Waals surface area contributed by atoms with Crippen molar-refractivity contribution in [3.63, 3.8) is 0 Å². The first-order chi connectivity index (χ1) is 6.79. The zero-order chi connectivity index (χ0) is 9.97. The summed E-state index contributed by atoms with van der Waals surface area (Å²) in [6, 6.07) is 8.40. The minimum atomic E-state index is 0.411. The van der Waals surface area contributed by atoms with Crippen LogP contribution in [0.1, 0.15) is 6.92 Å². The second-order valence-corrected chi connectivity index (χ2v) is 3.68. The van der Waals surface area contributed by atoms with Crippen molar-refractivity contribution in [1.29, 1.82) is 0 Å². The lowest BCUT2D eigenvalue weighted by atomic mass is 10.2. The summed E-state index contributed by atoms with van der Waals surface area (Å²) in [5.74, 6) is 0. The van der Waals surface area contributed by atoms with Gasteiger partial charge in [0.2, 0.25) is 0 Å². The molecule has 0 spiro atoms. The average Bonchev–Trinajstić information content (AvgIpc) is 2.20. The summed E-state index contributed by atoms with van der Waals surface area (Å²) >= 11 is 0. The Labute approximate surface area is 84.5 Å². The van der Waals surface area contributed by atoms with Crippen molar-refractivity contribution in [1.82, 2.24) is 0 Å². The number of nitrogen functional groups attached to an aromatic ring is 1. The van der Waals surface area contributed by atoms with Gasteiger partial charge in [-0.15, -0.1) is 0 Å². The molecule has 76 valence electrons. The fraction of sp³-hybridized carbons (Fsp3) is 0.455. The van der Waals surface area contributed by atoms with E-state index in [1.807, 2.05) is 18.2 Å². The molecule has 1 aromatic rings. The molecule has 1 heterocycles. The Kier molecular flexibility index (Phi) is 2.59. The van der Waals surface area contributed by atoms with Crippen molar-refractivity contribution < 1.29 is 4.74 Å². The zero-order valence-corrected chi connectivity index (χ0v) is 8.44. The van der Waals surface area contributed by atoms with Gasteiger partial charge in [0.1, 0.15) is 0 Å². The van der Waals surface area contributed by atoms with Crippen LogP contribution < -0.4 is 10.6 Å². The smallest absolute Gasteiger partial charge is 0.0668 e. The zero-order valence-electron chi connectivity index (χ0n) is 8.44. The minimum absolute atomic E-state index is 0.411. The van der Waals surface area contributed by atoms with E-state index >= 15 is 0 Å². The number of morpholine rings is 1. The van der Waals surface area contributed by atoms with Crippen molar-refractivity contribution >= 4 is 11.4 Å². The first-order valence-corrected chi connectivity index (χ1v) is 4.98. The largest absolute Gasteiger partial charge is 0.397 e. The molecule has 14 heavy (non-hydrogen) atoms. The van der Waals surface area contributed by atoms with Crippen LogP contribution in [0.3, 0.4) is 0 Å². The Hall–Kier alpha value is -1.22. The number of hydrogen-bond donors (Lipinski definition) is 1. The highest BCUT2D eigenvalue weighted by atomic mass is 16.5. The van der Waals surface area contributed by atoms with E-state index in [1.54, 1.807) is 0 Å². The number of para-hydroxylation sites is 2. The Morgan fingerprint density at radius 1 is 1.43 bits per heavy atom. The molecule has 1 saturated heterocycles. The standard InChI is InChI=1S/C11H16N2O/c1-9-8-14-7-6-13(9)11-5-3-2-4-10(11)12/h2-5,9H,6-8,12H2,1H3. The molecule has 2 N–H and O–H groups in total. The molecule has 1 atom stereocenters. The summed E-state index contributed by atoms with van der Waals surface area (Å²) in [5.41, 5.74) is 7.91. The van der Waals surface area contributed by atoms with Gasteiger partial charge in [0.05, 0.1) is 24.6 Å². The van der Waals surface area contributed by atoms with Gasteiger partial charge in [0.15, 0.2) is 0 Å². The summed E-state index contributed by atoms with van der Waals surface area (Å²) in [6.07, 6.45) is 0. The van der Waals surface area contributed by atoms with Crippen LogP contribution in [0.4, 0.5) is 11.4 Å². The predicted molar refractivity (Wildman–Crippen MR) is 58.5 cm³/mol. The van der Waals surface area contributed by atoms with Crippen LogP contribution in [0.5, 0.6) is 0 Å². The Morgan fingerprint density at radius 2 is 2.21 bits per heavy atom. The van der Waals surface area contributed by atoms with Gasteiger partial charge in [-0.1, -0.05) is 12.1 Å². The van der Waals surface area contributed by atoms with Crippen molar-refractivity contribution in [2.75, 3.05) is 30.4 Å². The van der Waals surface area contributed by atoms with Crippen LogP contribution in [-0.4, -0.2) is 25.8 Å². The first kappa shape index (κ1) is 9.34. The van der Waals surface area contributed by atoms with Crippen LogP contribution >= 0.6 is 0 Å². The summed E-state index contributed by atoms with van der Waals surface area (Å²) in [7, 11) is 0. The monoisotopic (exact) mass is 192 g/mol. The molecule has 1 unspecified atom stereocenters. The first-order valence-electron chi connectivity index (χ1n) is 4.98. The lowest BCUT2D eigenvalue weighted by Gasteiger charge is -2.35. The molecule has 1 aliphatic heterocycles. The van der Waals surface area contributed by atoms with Crippen molar-refractivity contribution in [3.8, 4) is 0 Å². The molecule has 3 nitrogen and oxygen atoms in total. The van der Waals surface area contributed by atoms with Crippen LogP contribution in [0.15, 0.2) is 24.3 Å². The molecule has 1 fully saturated rings. The van der Waals surface area contributed by atoms with E-state index in [0.717, 1.165) is 31.1 Å². The molecule has 3 heteroatoms. The Balaban J connectivity index is 2.25. The van der Waals surface area contributed by atoms with Gasteiger partial charge in [0.25, 0.3) is 0 Å². The number of nitrogens with two attached hydrogens (primary N) is 1. The van der Waals surface area contributed by atoms with Gasteiger partial charge in [0, 0.05) is 12.6 Å². The van der Waals surface area contributed by atoms with Gasteiger partial charge in [-0.3, -0.25) is 0 Å². The van der Waals surface area contributed by atoms with Gasteiger partial charge < -0.3 is 15.4 Å². The molecular formula is C11H16N2O. The number of nitrogens with zero attached hydrogens (tertiary/aromatic N) is 1. The third-order valence-electron chi connectivity index (χ3n) is 2.61. The number of hydrogen-bond acceptors (Lipinski definition) is 3. The van der Waals surface area contributed by atoms with Crippen molar-refractivity contribution in [2.45, 2.75) is 13.0 Å². The predicted octanol–water partition coefficient (Wildman–Crippen LogP) is 1.49. The summed E-state index contributed by atoms with van der Waals surface area (Å²) < 4.78 is 5.39. The maximum absolute atomic E-state index is 5.93. The fourth-order valence-corrected chi connectivity index (χ4v) is 1.83. The molecule has 1 aliphatic rings. The molecule has 0 saturated carbocycles. The minimum Gasteiger partial charge on any atom is -0.397 e. The second-order valence-electron chi connectivity index (χ2n) is 3.68. The van der Waals surface area contributed by atoms with Crippen LogP contribution in [-0.2, 0) is 4.74 Å². The Morgan fingerprint density at radius 3 is 2.93 bits per heavy atom. The second kappa shape index (κ2) is 3.88. The van der Waals surface area contributed by atoms with Crippen LogP contribution in [0, 0.1) is 0 Å². The van der Waals surface area contributed by atoms with Gasteiger partial charge in [-0.25, -0.2) is 0 Å². The third kappa shape index (κ3) is 1.68. The highest BCUT2D eigenvalue weighted by molar-refractivity contribution is 5.67. The number of rotatable bonds is 1. The van der Waals surface area contributed by atoms with E-state index in [4.69, 9.17) is 10.5 Å². The fourth-order valence-electron chi connectivity index (χ4n) is 1.83. The Bertz CT molecular complexity index is 314. The number of ether oxygens (including phenoxy) is 1. The molecule has 0 amide bonds. The van der Waals surface area contributed by atoms with E-state index < -0.39 is 0 Å². The normalized spacial score (nSPS) is 22.4. The maximum Gasteiger partial charge on any atom is 0.0668 e. The third-order valence-corrected chi connectivity index (χ3v) is 2.61. The number of benzene rings is 1. The molecule has 0 bridgehead atoms. The van der Waals surface area contributed by atoms with E-state index in [9.17, 15) is 0 Å². The highest BCUT2D eigenvalue weighted by Crippen LogP contribution is 2.25. The summed E-state index contributed by atoms with van der Waals surface area (Å²) in [6.45, 7) is 4.66. The van der Waals surface area contributed by atoms with E-state index in [2.05, 4.69) is 17.9 Å². The lowest BCUT2D eigenvalue weighted by molar-refractivity contribution is 0.0990. The van der Waals surface area contributed by atoms with Crippen molar-refractivity contribution in [2.24, 2.45) is 0 Å². The lowest BCUT2D eigenvalue weighted by Crippen LogP contribution is -2.43. The topological polar surface area (TPSA) is 38.5 Å². The summed E-state index contributed by atoms with van der Waals surface area (Å²) in [4.78, 5) is 2.30. The van der Waals surface area contributed by atoms with Gasteiger partial charge in [-0.05, 0) is 19.1 Å². The van der Waals surface area contributed by atoms with E-state index in [1.165, 1.54) is 0 Å². The molecule has 0 radical (unpaired) electrons. The van der Waals surface area contributed by atoms with Crippen LogP contribution in [0.2, 0.25) is 0 Å². The number of anilines is 2. The molecule has 0 aromatic heterocycles. The molecule has 2 rings (SSSR count). The van der Waals surface area contributed by atoms with E-state index in [0.29, 0.717) is 6.04 Å². The van der Waals surface area contributed by atoms with Gasteiger partial charge in [-0.2, -0.15) is 0 Å². The van der Waals surface area contributed by atoms with E-state index in [-0.39, 0.29) is 0 Å². The molecular weight excluding hydrogens is 176 g/mol. The highest BCUT2D eigenvalue weighted by Gasteiger charge is 2.20. The molecule has 1 aromatic carbocycles. The quantitative estimate of drug-likeness (QED) is 0.685. The maximum atomic E-state index is 5.93. The van der Waals surface area contributed by atoms with Gasteiger partial charge >= 0.3 is 0 Å². The average molecular weight is 192 g/mol. The molecule has 0 aliphatic carbocycles. The van der Waals surface area contributed by atoms with Crippen molar-refractivity contribution in [3.05, 3.63) is 24.3 Å². The SMILES string of the molecule is CC1COCCN1c1ccccc1N.